The lowest BCUT2D eigenvalue weighted by Gasteiger charge is -2.07. The van der Waals surface area contributed by atoms with Crippen LogP contribution in [0.4, 0.5) is 0 Å². The van der Waals surface area contributed by atoms with Crippen LogP contribution in [0.25, 0.3) is 15.9 Å². The largest absolute Gasteiger partial charge is 0.491 e. The Labute approximate surface area is 138 Å². The molecule has 0 aliphatic heterocycles. The van der Waals surface area contributed by atoms with Crippen LogP contribution in [0.2, 0.25) is 0 Å². The lowest BCUT2D eigenvalue weighted by Crippen LogP contribution is -2.01. The van der Waals surface area contributed by atoms with Crippen molar-refractivity contribution in [1.82, 2.24) is 8.96 Å². The van der Waals surface area contributed by atoms with Gasteiger partial charge in [0, 0.05) is 4.90 Å². The molecule has 0 saturated carbocycles. The Hall–Kier alpha value is -2.49. The molecule has 0 amide bonds. The lowest BCUT2D eigenvalue weighted by atomic mass is 10.3. The van der Waals surface area contributed by atoms with E-state index in [1.54, 1.807) is 0 Å². The summed E-state index contributed by atoms with van der Waals surface area (Å²) in [6.45, 7) is 7.64. The predicted molar refractivity (Wildman–Crippen MR) is 90.3 cm³/mol. The molecule has 0 aliphatic carbocycles. The number of hydrogen-bond acceptors (Lipinski definition) is 4. The van der Waals surface area contributed by atoms with Gasteiger partial charge in [-0.1, -0.05) is 12.1 Å². The Kier molecular flexibility index (Phi) is 4.81. The lowest BCUT2D eigenvalue weighted by molar-refractivity contribution is 0.201. The highest BCUT2D eigenvalue weighted by molar-refractivity contribution is 7.98. The number of hydrogen-bond donors (Lipinski definition) is 1. The first-order valence-corrected chi connectivity index (χ1v) is 7.91. The Morgan fingerprint density at radius 2 is 1.96 bits per heavy atom. The SMILES string of the molecule is [C-]#[N+]Cc1nc2ccccc2n1Sc1ccc(OCCO)cc1. The van der Waals surface area contributed by atoms with Crippen molar-refractivity contribution in [2.24, 2.45) is 0 Å². The molecule has 0 radical (unpaired) electrons. The number of aromatic nitrogens is 2. The number of aliphatic hydroxyl groups is 1. The smallest absolute Gasteiger partial charge is 0.272 e. The number of imidazole rings is 1. The Morgan fingerprint density at radius 1 is 1.17 bits per heavy atom. The number of fused-ring (bicyclic) bond motifs is 1. The van der Waals surface area contributed by atoms with Crippen molar-refractivity contribution >= 4 is 23.0 Å². The molecular weight excluding hydrogens is 310 g/mol. The summed E-state index contributed by atoms with van der Waals surface area (Å²) in [4.78, 5) is 9.02. The molecule has 0 fully saturated rings. The van der Waals surface area contributed by atoms with Gasteiger partial charge in [-0.3, -0.25) is 3.97 Å². The van der Waals surface area contributed by atoms with Gasteiger partial charge in [0.15, 0.2) is 0 Å². The number of benzene rings is 2. The number of aliphatic hydroxyl groups excluding tert-OH is 1. The predicted octanol–water partition coefficient (Wildman–Crippen LogP) is 3.38. The standard InChI is InChI=1S/C17H15N3O2S/c1-18-12-17-19-15-4-2-3-5-16(15)20(17)23-14-8-6-13(7-9-14)22-11-10-21/h2-9,21H,10-12H2. The Morgan fingerprint density at radius 3 is 2.70 bits per heavy atom. The molecule has 0 atom stereocenters. The molecule has 0 bridgehead atoms. The van der Waals surface area contributed by atoms with E-state index >= 15 is 0 Å². The van der Waals surface area contributed by atoms with E-state index in [1.165, 1.54) is 11.9 Å². The van der Waals surface area contributed by atoms with Crippen molar-refractivity contribution in [2.45, 2.75) is 11.4 Å². The fourth-order valence-corrected chi connectivity index (χ4v) is 3.12. The summed E-state index contributed by atoms with van der Waals surface area (Å²) < 4.78 is 7.36. The van der Waals surface area contributed by atoms with Gasteiger partial charge in [0.2, 0.25) is 5.82 Å². The van der Waals surface area contributed by atoms with Crippen LogP contribution in [0, 0.1) is 6.57 Å². The van der Waals surface area contributed by atoms with Crippen molar-refractivity contribution in [3.63, 3.8) is 0 Å². The molecule has 1 heterocycles. The van der Waals surface area contributed by atoms with Crippen molar-refractivity contribution in [2.75, 3.05) is 13.2 Å². The monoisotopic (exact) mass is 325 g/mol. The highest BCUT2D eigenvalue weighted by Gasteiger charge is 2.13. The third-order valence-corrected chi connectivity index (χ3v) is 4.26. The van der Waals surface area contributed by atoms with Gasteiger partial charge < -0.3 is 14.7 Å². The first-order valence-electron chi connectivity index (χ1n) is 7.13. The molecule has 2 aromatic carbocycles. The quantitative estimate of drug-likeness (QED) is 0.706. The van der Waals surface area contributed by atoms with E-state index < -0.39 is 0 Å². The fraction of sp³-hybridized carbons (Fsp3) is 0.176. The number of nitrogens with zero attached hydrogens (tertiary/aromatic N) is 3. The maximum absolute atomic E-state index is 8.77. The molecule has 116 valence electrons. The summed E-state index contributed by atoms with van der Waals surface area (Å²) in [5, 5.41) is 8.77. The van der Waals surface area contributed by atoms with E-state index in [0.717, 1.165) is 27.5 Å². The third kappa shape index (κ3) is 3.47. The third-order valence-electron chi connectivity index (χ3n) is 3.19. The summed E-state index contributed by atoms with van der Waals surface area (Å²) >= 11 is 1.53. The summed E-state index contributed by atoms with van der Waals surface area (Å²) in [5.41, 5.74) is 1.89. The van der Waals surface area contributed by atoms with E-state index in [4.69, 9.17) is 16.4 Å². The van der Waals surface area contributed by atoms with Crippen LogP contribution < -0.4 is 4.74 Å². The molecule has 1 N–H and O–H groups in total. The molecule has 5 nitrogen and oxygen atoms in total. The second kappa shape index (κ2) is 7.18. The van der Waals surface area contributed by atoms with Gasteiger partial charge in [-0.25, -0.2) is 11.6 Å². The second-order valence-corrected chi connectivity index (χ2v) is 5.78. The zero-order valence-corrected chi connectivity index (χ0v) is 13.2. The molecular formula is C17H15N3O2S. The average Bonchev–Trinajstić information content (AvgIpc) is 2.92. The second-order valence-electron chi connectivity index (χ2n) is 4.76. The van der Waals surface area contributed by atoms with E-state index in [1.807, 2.05) is 52.5 Å². The number of ether oxygens (including phenoxy) is 1. The molecule has 6 heteroatoms. The summed E-state index contributed by atoms with van der Waals surface area (Å²) in [6, 6.07) is 15.5. The minimum absolute atomic E-state index is 0.00247. The molecule has 3 aromatic rings. The molecule has 0 spiro atoms. The van der Waals surface area contributed by atoms with Crippen molar-refractivity contribution in [1.29, 1.82) is 0 Å². The fourth-order valence-electron chi connectivity index (χ4n) is 2.19. The highest BCUT2D eigenvalue weighted by atomic mass is 32.2. The minimum atomic E-state index is -0.00247. The first kappa shape index (κ1) is 15.4. The molecule has 1 aromatic heterocycles. The molecule has 3 rings (SSSR count). The van der Waals surface area contributed by atoms with Crippen molar-refractivity contribution < 1.29 is 9.84 Å². The molecule has 0 saturated heterocycles. The Balaban J connectivity index is 1.88. The van der Waals surface area contributed by atoms with Crippen LogP contribution in [-0.2, 0) is 6.54 Å². The first-order chi connectivity index (χ1) is 11.3. The van der Waals surface area contributed by atoms with E-state index in [-0.39, 0.29) is 19.8 Å². The summed E-state index contributed by atoms with van der Waals surface area (Å²) in [5.74, 6) is 1.46. The maximum atomic E-state index is 8.77. The van der Waals surface area contributed by atoms with Crippen LogP contribution in [0.1, 0.15) is 5.82 Å². The number of rotatable bonds is 6. The zero-order valence-electron chi connectivity index (χ0n) is 12.3. The molecule has 23 heavy (non-hydrogen) atoms. The summed E-state index contributed by atoms with van der Waals surface area (Å²) in [7, 11) is 0. The van der Waals surface area contributed by atoms with E-state index in [2.05, 4.69) is 9.83 Å². The van der Waals surface area contributed by atoms with Crippen LogP contribution >= 0.6 is 11.9 Å². The highest BCUT2D eigenvalue weighted by Crippen LogP contribution is 2.29. The Bertz CT molecular complexity index is 837. The van der Waals surface area contributed by atoms with Gasteiger partial charge in [-0.15, -0.1) is 0 Å². The van der Waals surface area contributed by atoms with Gasteiger partial charge in [-0.2, -0.15) is 0 Å². The maximum Gasteiger partial charge on any atom is 0.272 e. The van der Waals surface area contributed by atoms with Gasteiger partial charge >= 0.3 is 0 Å². The van der Waals surface area contributed by atoms with E-state index in [0.29, 0.717) is 0 Å². The van der Waals surface area contributed by atoms with Crippen LogP contribution in [0.15, 0.2) is 53.4 Å². The minimum Gasteiger partial charge on any atom is -0.491 e. The van der Waals surface area contributed by atoms with Gasteiger partial charge in [-0.05, 0) is 48.3 Å². The zero-order chi connectivity index (χ0) is 16.1. The van der Waals surface area contributed by atoms with Gasteiger partial charge in [0.25, 0.3) is 6.54 Å². The van der Waals surface area contributed by atoms with Gasteiger partial charge in [0.1, 0.15) is 12.4 Å². The van der Waals surface area contributed by atoms with E-state index in [9.17, 15) is 0 Å². The molecule has 0 aliphatic rings. The number of para-hydroxylation sites is 2. The summed E-state index contributed by atoms with van der Waals surface area (Å²) in [6.07, 6.45) is 0. The van der Waals surface area contributed by atoms with Crippen LogP contribution in [0.3, 0.4) is 0 Å². The average molecular weight is 325 g/mol. The van der Waals surface area contributed by atoms with Gasteiger partial charge in [0.05, 0.1) is 17.6 Å². The van der Waals surface area contributed by atoms with Crippen LogP contribution in [-0.4, -0.2) is 27.3 Å². The van der Waals surface area contributed by atoms with Crippen molar-refractivity contribution in [3.8, 4) is 5.75 Å². The topological polar surface area (TPSA) is 51.6 Å². The normalized spacial score (nSPS) is 10.6. The van der Waals surface area contributed by atoms with Crippen LogP contribution in [0.5, 0.6) is 5.75 Å². The van der Waals surface area contributed by atoms with Crippen molar-refractivity contribution in [3.05, 3.63) is 65.8 Å². The molecule has 0 unspecified atom stereocenters.